The number of nitrogens with one attached hydrogen (secondary N) is 1. The molecule has 1 saturated heterocycles. The summed E-state index contributed by atoms with van der Waals surface area (Å²) in [6, 6.07) is 9.28. The quantitative estimate of drug-likeness (QED) is 0.904. The van der Waals surface area contributed by atoms with Crippen molar-refractivity contribution in [2.45, 2.75) is 43.6 Å². The van der Waals surface area contributed by atoms with Crippen LogP contribution in [0.1, 0.15) is 31.7 Å². The van der Waals surface area contributed by atoms with Crippen LogP contribution in [0.15, 0.2) is 30.3 Å². The molecular weight excluding hydrogens is 274 g/mol. The maximum absolute atomic E-state index is 12.4. The average molecular weight is 295 g/mol. The first-order chi connectivity index (χ1) is 9.49. The first-order valence-electron chi connectivity index (χ1n) is 7.16. The minimum atomic E-state index is -3.35. The van der Waals surface area contributed by atoms with E-state index in [4.69, 9.17) is 4.74 Å². The van der Waals surface area contributed by atoms with Gasteiger partial charge in [-0.15, -0.1) is 0 Å². The summed E-state index contributed by atoms with van der Waals surface area (Å²) < 4.78 is 33.4. The van der Waals surface area contributed by atoms with Crippen molar-refractivity contribution < 1.29 is 13.2 Å². The summed E-state index contributed by atoms with van der Waals surface area (Å²) in [6.45, 7) is 2.62. The molecule has 0 amide bonds. The lowest BCUT2D eigenvalue weighted by Crippen LogP contribution is -2.52. The van der Waals surface area contributed by atoms with Crippen molar-refractivity contribution in [1.82, 2.24) is 4.72 Å². The molecule has 1 aliphatic heterocycles. The Morgan fingerprint density at radius 3 is 2.65 bits per heavy atom. The lowest BCUT2D eigenvalue weighted by Gasteiger charge is -2.31. The number of hydrogen-bond donors (Lipinski definition) is 1. The Morgan fingerprint density at radius 2 is 2.00 bits per heavy atom. The second-order valence-corrected chi connectivity index (χ2v) is 7.87. The van der Waals surface area contributed by atoms with E-state index in [0.717, 1.165) is 24.8 Å². The molecule has 4 nitrogen and oxygen atoms in total. The summed E-state index contributed by atoms with van der Waals surface area (Å²) in [4.78, 5) is 0. The Labute approximate surface area is 120 Å². The lowest BCUT2D eigenvalue weighted by molar-refractivity contribution is 0.0629. The van der Waals surface area contributed by atoms with Crippen molar-refractivity contribution in [3.8, 4) is 0 Å². The van der Waals surface area contributed by atoms with Gasteiger partial charge in [-0.1, -0.05) is 30.3 Å². The van der Waals surface area contributed by atoms with Crippen LogP contribution >= 0.6 is 0 Å². The molecule has 1 N–H and O–H groups in total. The summed E-state index contributed by atoms with van der Waals surface area (Å²) in [5.74, 6) is 0.558. The van der Waals surface area contributed by atoms with Gasteiger partial charge in [0, 0.05) is 6.61 Å². The molecule has 5 heteroatoms. The smallest absolute Gasteiger partial charge is 0.216 e. The third-order valence-electron chi connectivity index (χ3n) is 4.19. The van der Waals surface area contributed by atoms with Gasteiger partial charge in [0.15, 0.2) is 0 Å². The number of sulfonamides is 1. The van der Waals surface area contributed by atoms with Gasteiger partial charge in [-0.3, -0.25) is 0 Å². The first kappa shape index (κ1) is 14.0. The summed E-state index contributed by atoms with van der Waals surface area (Å²) in [7, 11) is -3.35. The molecule has 0 aromatic heterocycles. The first-order valence-corrected chi connectivity index (χ1v) is 8.81. The Bertz CT molecular complexity index is 568. The monoisotopic (exact) mass is 295 g/mol. The zero-order chi connectivity index (χ0) is 14.2. The molecule has 0 radical (unpaired) electrons. The highest BCUT2D eigenvalue weighted by Crippen LogP contribution is 2.43. The maximum Gasteiger partial charge on any atom is 0.216 e. The highest BCUT2D eigenvalue weighted by Gasteiger charge is 2.49. The van der Waals surface area contributed by atoms with Gasteiger partial charge in [-0.2, -0.15) is 0 Å². The van der Waals surface area contributed by atoms with Crippen LogP contribution < -0.4 is 4.72 Å². The van der Waals surface area contributed by atoms with E-state index in [2.05, 4.69) is 4.72 Å². The van der Waals surface area contributed by atoms with E-state index in [0.29, 0.717) is 12.5 Å². The highest BCUT2D eigenvalue weighted by molar-refractivity contribution is 7.88. The predicted octanol–water partition coefficient (Wildman–Crippen LogP) is 2.06. The van der Waals surface area contributed by atoms with Crippen molar-refractivity contribution in [2.24, 2.45) is 5.92 Å². The van der Waals surface area contributed by atoms with Crippen LogP contribution in [0.2, 0.25) is 0 Å². The standard InChI is InChI=1S/C15H21NO3S/c1-15(9-10-19-14(15)13-7-8-13)16-20(17,18)11-12-5-3-2-4-6-12/h2-6,13-14,16H,7-11H2,1H3/t14-,15-/m1/s1. The fourth-order valence-corrected chi connectivity index (χ4v) is 4.71. The zero-order valence-corrected chi connectivity index (χ0v) is 12.5. The van der Waals surface area contributed by atoms with E-state index in [9.17, 15) is 8.42 Å². The average Bonchev–Trinajstić information content (AvgIpc) is 3.13. The molecule has 0 spiro atoms. The molecule has 0 bridgehead atoms. The van der Waals surface area contributed by atoms with E-state index >= 15 is 0 Å². The van der Waals surface area contributed by atoms with Gasteiger partial charge in [0.2, 0.25) is 10.0 Å². The van der Waals surface area contributed by atoms with E-state index in [-0.39, 0.29) is 11.9 Å². The molecular formula is C15H21NO3S. The van der Waals surface area contributed by atoms with E-state index < -0.39 is 15.6 Å². The number of ether oxygens (including phenoxy) is 1. The summed E-state index contributed by atoms with van der Waals surface area (Å²) in [5, 5.41) is 0. The molecule has 0 unspecified atom stereocenters. The second-order valence-electron chi connectivity index (χ2n) is 6.14. The third kappa shape index (κ3) is 3.05. The van der Waals surface area contributed by atoms with Crippen molar-refractivity contribution in [2.75, 3.05) is 6.61 Å². The molecule has 1 aromatic carbocycles. The number of rotatable bonds is 5. The molecule has 20 heavy (non-hydrogen) atoms. The van der Waals surface area contributed by atoms with Gasteiger partial charge in [-0.05, 0) is 37.7 Å². The Kier molecular flexibility index (Phi) is 3.60. The zero-order valence-electron chi connectivity index (χ0n) is 11.7. The third-order valence-corrected chi connectivity index (χ3v) is 5.68. The minimum Gasteiger partial charge on any atom is -0.376 e. The predicted molar refractivity (Wildman–Crippen MR) is 77.7 cm³/mol. The minimum absolute atomic E-state index is 0.0286. The lowest BCUT2D eigenvalue weighted by atomic mass is 9.92. The van der Waals surface area contributed by atoms with Gasteiger partial charge in [0.1, 0.15) is 0 Å². The van der Waals surface area contributed by atoms with E-state index in [1.165, 1.54) is 0 Å². The summed E-state index contributed by atoms with van der Waals surface area (Å²) >= 11 is 0. The van der Waals surface area contributed by atoms with Crippen LogP contribution in [-0.4, -0.2) is 26.7 Å². The van der Waals surface area contributed by atoms with Crippen LogP contribution in [0.3, 0.4) is 0 Å². The molecule has 3 rings (SSSR count). The molecule has 1 heterocycles. The normalized spacial score (nSPS) is 30.6. The van der Waals surface area contributed by atoms with E-state index in [1.54, 1.807) is 0 Å². The largest absolute Gasteiger partial charge is 0.376 e. The highest BCUT2D eigenvalue weighted by atomic mass is 32.2. The molecule has 1 aromatic rings. The summed E-state index contributed by atoms with van der Waals surface area (Å²) in [5.41, 5.74) is 0.361. The fourth-order valence-electron chi connectivity index (χ4n) is 3.07. The Balaban J connectivity index is 1.72. The van der Waals surface area contributed by atoms with Crippen LogP contribution in [0, 0.1) is 5.92 Å². The van der Waals surface area contributed by atoms with Gasteiger partial charge < -0.3 is 4.74 Å². The van der Waals surface area contributed by atoms with Crippen LogP contribution in [0.4, 0.5) is 0 Å². The molecule has 2 aliphatic rings. The molecule has 1 saturated carbocycles. The van der Waals surface area contributed by atoms with Gasteiger partial charge >= 0.3 is 0 Å². The van der Waals surface area contributed by atoms with E-state index in [1.807, 2.05) is 37.3 Å². The van der Waals surface area contributed by atoms with Gasteiger partial charge in [0.05, 0.1) is 17.4 Å². The van der Waals surface area contributed by atoms with Crippen LogP contribution in [-0.2, 0) is 20.5 Å². The SMILES string of the molecule is C[C@@]1(NS(=O)(=O)Cc2ccccc2)CCO[C@@H]1C1CC1. The maximum atomic E-state index is 12.4. The fraction of sp³-hybridized carbons (Fsp3) is 0.600. The molecule has 1 aliphatic carbocycles. The topological polar surface area (TPSA) is 55.4 Å². The van der Waals surface area contributed by atoms with Crippen molar-refractivity contribution in [1.29, 1.82) is 0 Å². The Hall–Kier alpha value is -0.910. The number of hydrogen-bond acceptors (Lipinski definition) is 3. The van der Waals surface area contributed by atoms with Crippen LogP contribution in [0.25, 0.3) is 0 Å². The number of benzene rings is 1. The molecule has 2 fully saturated rings. The summed E-state index contributed by atoms with van der Waals surface area (Å²) in [6.07, 6.45) is 3.09. The van der Waals surface area contributed by atoms with Crippen molar-refractivity contribution in [3.05, 3.63) is 35.9 Å². The van der Waals surface area contributed by atoms with Crippen LogP contribution in [0.5, 0.6) is 0 Å². The van der Waals surface area contributed by atoms with Crippen molar-refractivity contribution >= 4 is 10.0 Å². The molecule has 2 atom stereocenters. The molecule has 110 valence electrons. The van der Waals surface area contributed by atoms with Crippen molar-refractivity contribution in [3.63, 3.8) is 0 Å². The van der Waals surface area contributed by atoms with Gasteiger partial charge in [-0.25, -0.2) is 13.1 Å². The van der Waals surface area contributed by atoms with Gasteiger partial charge in [0.25, 0.3) is 0 Å². The second kappa shape index (κ2) is 5.13. The Morgan fingerprint density at radius 1 is 1.30 bits per heavy atom.